The lowest BCUT2D eigenvalue weighted by Crippen LogP contribution is -2.16. The Hall–Kier alpha value is -2.14. The highest BCUT2D eigenvalue weighted by atomic mass is 16.4. The lowest BCUT2D eigenvalue weighted by Gasteiger charge is -2.15. The molecule has 0 aliphatic rings. The van der Waals surface area contributed by atoms with Gasteiger partial charge in [0.25, 0.3) is 0 Å². The average Bonchev–Trinajstić information content (AvgIpc) is 2.43. The van der Waals surface area contributed by atoms with Gasteiger partial charge in [0.2, 0.25) is 0 Å². The molecular formula is C14H16N2O3. The number of carbonyl (C=O) groups is 1. The molecule has 1 heterocycles. The van der Waals surface area contributed by atoms with Crippen molar-refractivity contribution in [3.63, 3.8) is 0 Å². The molecule has 1 unspecified atom stereocenters. The maximum absolute atomic E-state index is 11.3. The van der Waals surface area contributed by atoms with E-state index in [9.17, 15) is 9.90 Å². The monoisotopic (exact) mass is 260 g/mol. The Balaban J connectivity index is 2.46. The third kappa shape index (κ3) is 2.82. The lowest BCUT2D eigenvalue weighted by atomic mass is 10.1. The number of carboxylic acid groups (broad SMARTS) is 1. The van der Waals surface area contributed by atoms with E-state index in [0.717, 1.165) is 10.9 Å². The van der Waals surface area contributed by atoms with Gasteiger partial charge in [-0.2, -0.15) is 0 Å². The fourth-order valence-corrected chi connectivity index (χ4v) is 1.83. The number of fused-ring (bicyclic) bond motifs is 1. The van der Waals surface area contributed by atoms with Crippen molar-refractivity contribution in [1.82, 2.24) is 4.98 Å². The summed E-state index contributed by atoms with van der Waals surface area (Å²) in [5, 5.41) is 22.1. The van der Waals surface area contributed by atoms with E-state index in [0.29, 0.717) is 12.2 Å². The number of aliphatic hydroxyl groups excluding tert-OH is 1. The predicted molar refractivity (Wildman–Crippen MR) is 73.4 cm³/mol. The third-order valence-corrected chi connectivity index (χ3v) is 2.94. The summed E-state index contributed by atoms with van der Waals surface area (Å²) in [4.78, 5) is 15.4. The van der Waals surface area contributed by atoms with E-state index in [2.05, 4.69) is 10.3 Å². The molecule has 100 valence electrons. The Morgan fingerprint density at radius 2 is 2.16 bits per heavy atom. The van der Waals surface area contributed by atoms with Crippen LogP contribution in [0.15, 0.2) is 30.5 Å². The summed E-state index contributed by atoms with van der Waals surface area (Å²) in [6, 6.07) is 7.37. The van der Waals surface area contributed by atoms with Crippen LogP contribution in [0.1, 0.15) is 17.3 Å². The number of aliphatic hydroxyl groups is 1. The molecule has 0 fully saturated rings. The average molecular weight is 260 g/mol. The van der Waals surface area contributed by atoms with Crippen molar-refractivity contribution in [2.75, 3.05) is 18.5 Å². The van der Waals surface area contributed by atoms with Gasteiger partial charge in [0.1, 0.15) is 5.56 Å². The van der Waals surface area contributed by atoms with Crippen LogP contribution in [0.2, 0.25) is 0 Å². The number of anilines is 1. The molecule has 0 saturated carbocycles. The van der Waals surface area contributed by atoms with Crippen LogP contribution in [0.4, 0.5) is 5.69 Å². The number of para-hydroxylation sites is 1. The summed E-state index contributed by atoms with van der Waals surface area (Å²) in [7, 11) is 0. The van der Waals surface area contributed by atoms with Gasteiger partial charge in [0.15, 0.2) is 0 Å². The summed E-state index contributed by atoms with van der Waals surface area (Å²) in [6.45, 7) is 2.44. The predicted octanol–water partition coefficient (Wildman–Crippen LogP) is 1.97. The molecule has 19 heavy (non-hydrogen) atoms. The second-order valence-electron chi connectivity index (χ2n) is 4.54. The van der Waals surface area contributed by atoms with Gasteiger partial charge in [-0.05, 0) is 12.0 Å². The molecule has 0 aliphatic heterocycles. The van der Waals surface area contributed by atoms with Crippen LogP contribution < -0.4 is 5.32 Å². The van der Waals surface area contributed by atoms with Crippen LogP contribution >= 0.6 is 0 Å². The first-order valence-corrected chi connectivity index (χ1v) is 6.09. The molecule has 1 aromatic carbocycles. The summed E-state index contributed by atoms with van der Waals surface area (Å²) in [5.41, 5.74) is 1.44. The third-order valence-electron chi connectivity index (χ3n) is 2.94. The van der Waals surface area contributed by atoms with Crippen molar-refractivity contribution in [2.24, 2.45) is 5.92 Å². The van der Waals surface area contributed by atoms with Crippen molar-refractivity contribution in [1.29, 1.82) is 0 Å². The first-order chi connectivity index (χ1) is 9.13. The van der Waals surface area contributed by atoms with Gasteiger partial charge in [0, 0.05) is 24.7 Å². The summed E-state index contributed by atoms with van der Waals surface area (Å²) >= 11 is 0. The number of aromatic carboxylic acids is 1. The molecule has 0 saturated heterocycles. The van der Waals surface area contributed by atoms with Crippen molar-refractivity contribution >= 4 is 22.6 Å². The number of hydrogen-bond acceptors (Lipinski definition) is 4. The van der Waals surface area contributed by atoms with Crippen LogP contribution in [0.25, 0.3) is 10.9 Å². The summed E-state index contributed by atoms with van der Waals surface area (Å²) in [6.07, 6.45) is 1.36. The number of rotatable bonds is 5. The van der Waals surface area contributed by atoms with Crippen molar-refractivity contribution in [2.45, 2.75) is 6.92 Å². The van der Waals surface area contributed by atoms with Crippen LogP contribution in [-0.2, 0) is 0 Å². The maximum Gasteiger partial charge on any atom is 0.339 e. The van der Waals surface area contributed by atoms with E-state index in [1.807, 2.05) is 31.2 Å². The minimum absolute atomic E-state index is 0.0496. The first-order valence-electron chi connectivity index (χ1n) is 6.09. The Morgan fingerprint density at radius 3 is 2.84 bits per heavy atom. The number of benzene rings is 1. The van der Waals surface area contributed by atoms with Crippen LogP contribution in [0, 0.1) is 5.92 Å². The van der Waals surface area contributed by atoms with Gasteiger partial charge in [-0.15, -0.1) is 0 Å². The van der Waals surface area contributed by atoms with Gasteiger partial charge >= 0.3 is 5.97 Å². The number of nitrogens with one attached hydrogen (secondary N) is 1. The van der Waals surface area contributed by atoms with E-state index in [-0.39, 0.29) is 18.1 Å². The van der Waals surface area contributed by atoms with Gasteiger partial charge in [-0.1, -0.05) is 25.1 Å². The Morgan fingerprint density at radius 1 is 1.42 bits per heavy atom. The topological polar surface area (TPSA) is 82.5 Å². The lowest BCUT2D eigenvalue weighted by molar-refractivity contribution is 0.0697. The minimum atomic E-state index is -1.02. The molecule has 0 amide bonds. The second kappa shape index (κ2) is 5.67. The van der Waals surface area contributed by atoms with E-state index >= 15 is 0 Å². The fraction of sp³-hybridized carbons (Fsp3) is 0.286. The van der Waals surface area contributed by atoms with E-state index in [4.69, 9.17) is 5.11 Å². The molecule has 1 atom stereocenters. The van der Waals surface area contributed by atoms with Crippen molar-refractivity contribution < 1.29 is 15.0 Å². The Bertz CT molecular complexity index is 598. The highest BCUT2D eigenvalue weighted by Gasteiger charge is 2.14. The molecule has 1 aromatic heterocycles. The van der Waals surface area contributed by atoms with E-state index in [1.165, 1.54) is 6.20 Å². The molecule has 5 heteroatoms. The molecule has 0 bridgehead atoms. The van der Waals surface area contributed by atoms with Crippen LogP contribution in [0.5, 0.6) is 0 Å². The van der Waals surface area contributed by atoms with E-state index < -0.39 is 5.97 Å². The number of nitrogens with zero attached hydrogens (tertiary/aromatic N) is 1. The minimum Gasteiger partial charge on any atom is -0.478 e. The molecule has 0 aliphatic carbocycles. The largest absolute Gasteiger partial charge is 0.478 e. The quantitative estimate of drug-likeness (QED) is 0.765. The zero-order valence-electron chi connectivity index (χ0n) is 10.6. The molecule has 3 N–H and O–H groups in total. The highest BCUT2D eigenvalue weighted by Crippen LogP contribution is 2.26. The van der Waals surface area contributed by atoms with E-state index in [1.54, 1.807) is 0 Å². The first kappa shape index (κ1) is 13.3. The number of hydrogen-bond donors (Lipinski definition) is 3. The van der Waals surface area contributed by atoms with Crippen LogP contribution in [0.3, 0.4) is 0 Å². The van der Waals surface area contributed by atoms with Gasteiger partial charge in [-0.25, -0.2) is 4.79 Å². The van der Waals surface area contributed by atoms with Crippen LogP contribution in [-0.4, -0.2) is 34.3 Å². The zero-order chi connectivity index (χ0) is 13.8. The summed E-state index contributed by atoms with van der Waals surface area (Å²) in [5.74, 6) is -0.967. The van der Waals surface area contributed by atoms with Gasteiger partial charge < -0.3 is 15.5 Å². The second-order valence-corrected chi connectivity index (χ2v) is 4.54. The number of carboxylic acids is 1. The maximum atomic E-state index is 11.3. The normalized spacial score (nSPS) is 12.3. The SMILES string of the molecule is CC(CO)CNc1c(C(=O)O)cnc2ccccc12. The highest BCUT2D eigenvalue weighted by molar-refractivity contribution is 6.04. The summed E-state index contributed by atoms with van der Waals surface area (Å²) < 4.78 is 0. The van der Waals surface area contributed by atoms with Crippen molar-refractivity contribution in [3.8, 4) is 0 Å². The van der Waals surface area contributed by atoms with Gasteiger partial charge in [-0.3, -0.25) is 4.98 Å². The molecule has 0 spiro atoms. The Kier molecular flexibility index (Phi) is 3.97. The molecule has 5 nitrogen and oxygen atoms in total. The smallest absolute Gasteiger partial charge is 0.339 e. The number of aromatic nitrogens is 1. The molecule has 2 aromatic rings. The standard InChI is InChI=1S/C14H16N2O3/c1-9(8-17)6-16-13-10-4-2-3-5-12(10)15-7-11(13)14(18)19/h2-5,7,9,17H,6,8H2,1H3,(H,15,16)(H,18,19). The zero-order valence-corrected chi connectivity index (χ0v) is 10.6. The van der Waals surface area contributed by atoms with Crippen molar-refractivity contribution in [3.05, 3.63) is 36.0 Å². The van der Waals surface area contributed by atoms with Gasteiger partial charge in [0.05, 0.1) is 11.2 Å². The Labute approximate surface area is 110 Å². The fourth-order valence-electron chi connectivity index (χ4n) is 1.83. The molecule has 2 rings (SSSR count). The molecule has 0 radical (unpaired) electrons. The molecular weight excluding hydrogens is 244 g/mol. The number of pyridine rings is 1.